The van der Waals surface area contributed by atoms with Gasteiger partial charge in [-0.15, -0.1) is 0 Å². The number of anilines is 1. The van der Waals surface area contributed by atoms with E-state index >= 15 is 0 Å². The Labute approximate surface area is 183 Å². The van der Waals surface area contributed by atoms with Crippen LogP contribution < -0.4 is 9.64 Å². The largest absolute Gasteiger partial charge is 0.483 e. The van der Waals surface area contributed by atoms with Crippen molar-refractivity contribution in [2.45, 2.75) is 38.5 Å². The van der Waals surface area contributed by atoms with Crippen LogP contribution in [0.25, 0.3) is 0 Å². The molecule has 0 saturated heterocycles. The Kier molecular flexibility index (Phi) is 7.03. The van der Waals surface area contributed by atoms with E-state index in [0.717, 1.165) is 29.0 Å². The van der Waals surface area contributed by atoms with Crippen LogP contribution in [0.5, 0.6) is 5.75 Å². The highest BCUT2D eigenvalue weighted by molar-refractivity contribution is 6.30. The number of rotatable bonds is 7. The molecule has 30 heavy (non-hydrogen) atoms. The van der Waals surface area contributed by atoms with E-state index in [1.54, 1.807) is 30.0 Å². The minimum absolute atomic E-state index is 0.0268. The number of hydrogen-bond acceptors (Lipinski definition) is 3. The number of nitrogens with zero attached hydrogens (tertiary/aromatic N) is 2. The van der Waals surface area contributed by atoms with Crippen LogP contribution in [0.4, 0.5) is 5.69 Å². The van der Waals surface area contributed by atoms with Gasteiger partial charge in [0, 0.05) is 43.7 Å². The van der Waals surface area contributed by atoms with Crippen LogP contribution in [-0.4, -0.2) is 44.0 Å². The topological polar surface area (TPSA) is 49.9 Å². The van der Waals surface area contributed by atoms with Crippen molar-refractivity contribution in [1.29, 1.82) is 0 Å². The van der Waals surface area contributed by atoms with Gasteiger partial charge in [-0.3, -0.25) is 9.59 Å². The van der Waals surface area contributed by atoms with Crippen molar-refractivity contribution in [3.63, 3.8) is 0 Å². The Hall–Kier alpha value is -2.53. The summed E-state index contributed by atoms with van der Waals surface area (Å²) in [5, 5.41) is 0.601. The summed E-state index contributed by atoms with van der Waals surface area (Å²) in [7, 11) is 3.48. The average molecular weight is 429 g/mol. The molecule has 0 saturated carbocycles. The third-order valence-corrected chi connectivity index (χ3v) is 5.99. The number of ether oxygens (including phenoxy) is 1. The fraction of sp³-hybridized carbons (Fsp3) is 0.417. The Bertz CT molecular complexity index is 928. The van der Waals surface area contributed by atoms with Crippen molar-refractivity contribution in [3.05, 3.63) is 58.6 Å². The smallest absolute Gasteiger partial charge is 0.264 e. The first kappa shape index (κ1) is 22.2. The lowest BCUT2D eigenvalue weighted by Crippen LogP contribution is -2.35. The second-order valence-electron chi connectivity index (χ2n) is 8.03. The third-order valence-electron chi connectivity index (χ3n) is 5.76. The minimum Gasteiger partial charge on any atom is -0.483 e. The van der Waals surface area contributed by atoms with E-state index in [-0.39, 0.29) is 24.3 Å². The summed E-state index contributed by atoms with van der Waals surface area (Å²) >= 11 is 6.19. The van der Waals surface area contributed by atoms with Crippen molar-refractivity contribution in [2.75, 3.05) is 32.1 Å². The molecule has 0 spiro atoms. The Morgan fingerprint density at radius 3 is 2.67 bits per heavy atom. The molecule has 2 aromatic carbocycles. The molecule has 1 aliphatic rings. The number of carbonyl (C=O) groups excluding carboxylic acids is 2. The molecule has 1 heterocycles. The Morgan fingerprint density at radius 1 is 1.23 bits per heavy atom. The van der Waals surface area contributed by atoms with Crippen LogP contribution in [0, 0.1) is 0 Å². The molecule has 0 radical (unpaired) electrons. The maximum absolute atomic E-state index is 13.1. The van der Waals surface area contributed by atoms with Crippen molar-refractivity contribution in [2.24, 2.45) is 0 Å². The first-order valence-electron chi connectivity index (χ1n) is 10.3. The molecule has 0 N–H and O–H groups in total. The summed E-state index contributed by atoms with van der Waals surface area (Å²) in [6.07, 6.45) is 1.33. The van der Waals surface area contributed by atoms with Gasteiger partial charge >= 0.3 is 0 Å². The summed E-state index contributed by atoms with van der Waals surface area (Å²) in [4.78, 5) is 28.6. The van der Waals surface area contributed by atoms with Crippen molar-refractivity contribution in [3.8, 4) is 5.75 Å². The van der Waals surface area contributed by atoms with E-state index in [4.69, 9.17) is 16.3 Å². The molecule has 160 valence electrons. The minimum atomic E-state index is -0.127. The fourth-order valence-electron chi connectivity index (χ4n) is 3.78. The third kappa shape index (κ3) is 4.78. The lowest BCUT2D eigenvalue weighted by Gasteiger charge is -2.20. The van der Waals surface area contributed by atoms with Crippen LogP contribution in [0.2, 0.25) is 5.02 Å². The molecule has 2 amide bonds. The normalized spacial score (nSPS) is 16.2. The monoisotopic (exact) mass is 428 g/mol. The molecular formula is C24H29ClN2O3. The van der Waals surface area contributed by atoms with E-state index in [1.807, 2.05) is 36.4 Å². The summed E-state index contributed by atoms with van der Waals surface area (Å²) in [6, 6.07) is 13.3. The number of carbonyl (C=O) groups is 2. The van der Waals surface area contributed by atoms with E-state index in [9.17, 15) is 9.59 Å². The molecule has 2 unspecified atom stereocenters. The zero-order valence-electron chi connectivity index (χ0n) is 18.0. The number of benzene rings is 2. The average Bonchev–Trinajstić information content (AvgIpc) is 3.09. The molecule has 0 aromatic heterocycles. The number of fused-ring (bicyclic) bond motifs is 1. The number of halogens is 1. The molecule has 0 fully saturated rings. The van der Waals surface area contributed by atoms with E-state index in [1.165, 1.54) is 0 Å². The fourth-order valence-corrected chi connectivity index (χ4v) is 3.96. The van der Waals surface area contributed by atoms with Gasteiger partial charge in [-0.25, -0.2) is 0 Å². The summed E-state index contributed by atoms with van der Waals surface area (Å²) < 4.78 is 5.94. The highest BCUT2D eigenvalue weighted by atomic mass is 35.5. The summed E-state index contributed by atoms with van der Waals surface area (Å²) in [6.45, 7) is 4.68. The van der Waals surface area contributed by atoms with Crippen LogP contribution in [0.3, 0.4) is 0 Å². The summed E-state index contributed by atoms with van der Waals surface area (Å²) in [5.41, 5.74) is 2.85. The maximum atomic E-state index is 13.1. The quantitative estimate of drug-likeness (QED) is 0.633. The Balaban J connectivity index is 1.76. The van der Waals surface area contributed by atoms with Gasteiger partial charge < -0.3 is 14.5 Å². The van der Waals surface area contributed by atoms with Gasteiger partial charge in [0.1, 0.15) is 5.75 Å². The summed E-state index contributed by atoms with van der Waals surface area (Å²) in [5.74, 6) is 0.920. The zero-order chi connectivity index (χ0) is 21.8. The maximum Gasteiger partial charge on any atom is 0.264 e. The zero-order valence-corrected chi connectivity index (χ0v) is 18.8. The standard InChI is InChI=1S/C24H29ClN2O3/c1-5-16(2)19-8-6-7-9-22(19)30-15-24(29)27-14-17(12-23(28)26(3)4)20-13-18(25)10-11-21(20)27/h6-11,13,16-17H,5,12,14-15H2,1-4H3. The first-order chi connectivity index (χ1) is 14.3. The molecule has 2 aromatic rings. The highest BCUT2D eigenvalue weighted by Crippen LogP contribution is 2.40. The molecule has 2 atom stereocenters. The number of para-hydroxylation sites is 1. The van der Waals surface area contributed by atoms with Gasteiger partial charge in [0.15, 0.2) is 6.61 Å². The Morgan fingerprint density at radius 2 is 1.97 bits per heavy atom. The molecule has 1 aliphatic heterocycles. The van der Waals surface area contributed by atoms with E-state index in [0.29, 0.717) is 23.9 Å². The van der Waals surface area contributed by atoms with E-state index < -0.39 is 0 Å². The lowest BCUT2D eigenvalue weighted by atomic mass is 9.97. The predicted octanol–water partition coefficient (Wildman–Crippen LogP) is 4.84. The second kappa shape index (κ2) is 9.52. The highest BCUT2D eigenvalue weighted by Gasteiger charge is 2.34. The van der Waals surface area contributed by atoms with Crippen LogP contribution in [-0.2, 0) is 9.59 Å². The van der Waals surface area contributed by atoms with Gasteiger partial charge in [-0.05, 0) is 47.7 Å². The number of hydrogen-bond donors (Lipinski definition) is 0. The predicted molar refractivity (Wildman–Crippen MR) is 121 cm³/mol. The molecular weight excluding hydrogens is 400 g/mol. The van der Waals surface area contributed by atoms with Gasteiger partial charge in [-0.1, -0.05) is 43.6 Å². The second-order valence-corrected chi connectivity index (χ2v) is 8.47. The van der Waals surface area contributed by atoms with Gasteiger partial charge in [-0.2, -0.15) is 0 Å². The molecule has 6 heteroatoms. The molecule has 0 bridgehead atoms. The van der Waals surface area contributed by atoms with Crippen molar-refractivity contribution in [1.82, 2.24) is 4.90 Å². The SMILES string of the molecule is CCC(C)c1ccccc1OCC(=O)N1CC(CC(=O)N(C)C)c2cc(Cl)ccc21. The van der Waals surface area contributed by atoms with Crippen LogP contribution in [0.1, 0.15) is 49.7 Å². The molecule has 0 aliphatic carbocycles. The van der Waals surface area contributed by atoms with Gasteiger partial charge in [0.25, 0.3) is 5.91 Å². The van der Waals surface area contributed by atoms with Crippen molar-refractivity contribution < 1.29 is 14.3 Å². The lowest BCUT2D eigenvalue weighted by molar-refractivity contribution is -0.129. The molecule has 5 nitrogen and oxygen atoms in total. The molecule has 3 rings (SSSR count). The van der Waals surface area contributed by atoms with Gasteiger partial charge in [0.2, 0.25) is 5.91 Å². The van der Waals surface area contributed by atoms with Crippen LogP contribution in [0.15, 0.2) is 42.5 Å². The number of amides is 2. The van der Waals surface area contributed by atoms with Crippen molar-refractivity contribution >= 4 is 29.1 Å². The van der Waals surface area contributed by atoms with Gasteiger partial charge in [0.05, 0.1) is 0 Å². The van der Waals surface area contributed by atoms with E-state index in [2.05, 4.69) is 13.8 Å². The first-order valence-corrected chi connectivity index (χ1v) is 10.7. The van der Waals surface area contributed by atoms with Crippen LogP contribution >= 0.6 is 11.6 Å².